The molecule has 74 valence electrons. The predicted octanol–water partition coefficient (Wildman–Crippen LogP) is 3.17. The molecule has 7 heteroatoms. The monoisotopic (exact) mass is 292 g/mol. The first-order valence-corrected chi connectivity index (χ1v) is 6.32. The third-order valence-corrected chi connectivity index (χ3v) is 3.31. The van der Waals surface area contributed by atoms with E-state index in [9.17, 15) is 9.13 Å². The van der Waals surface area contributed by atoms with Gasteiger partial charge < -0.3 is 5.32 Å². The molecule has 14 heavy (non-hydrogen) atoms. The fourth-order valence-electron chi connectivity index (χ4n) is 0.815. The molecule has 1 N–H and O–H groups in total. The summed E-state index contributed by atoms with van der Waals surface area (Å²) in [6.45, 7) is 0.395. The molecule has 1 aromatic heterocycles. The van der Waals surface area contributed by atoms with Crippen molar-refractivity contribution >= 4 is 38.5 Å². The summed E-state index contributed by atoms with van der Waals surface area (Å²) in [7, 11) is -0.238. The van der Waals surface area contributed by atoms with Crippen molar-refractivity contribution in [1.29, 1.82) is 0 Å². The van der Waals surface area contributed by atoms with Crippen molar-refractivity contribution in [3.63, 3.8) is 0 Å². The standard InChI is InChI=1S/C7H7BrN2O2P2/c8-6-3-5(1-2-9-6)10-4-7(13-11)14-12/h1-3,7H,4H2,(H,9,10). The van der Waals surface area contributed by atoms with Gasteiger partial charge >= 0.3 is 0 Å². The Morgan fingerprint density at radius 2 is 2.21 bits per heavy atom. The SMILES string of the molecule is O=PC(CNc1ccnc(Br)c1)P=O. The molecule has 1 heterocycles. The molecule has 0 aliphatic carbocycles. The highest BCUT2D eigenvalue weighted by Gasteiger charge is 2.07. The zero-order chi connectivity index (χ0) is 10.4. The minimum atomic E-state index is -0.401. The van der Waals surface area contributed by atoms with Gasteiger partial charge in [0, 0.05) is 18.4 Å². The third kappa shape index (κ3) is 3.79. The zero-order valence-electron chi connectivity index (χ0n) is 7.05. The average Bonchev–Trinajstić information content (AvgIpc) is 2.19. The van der Waals surface area contributed by atoms with Gasteiger partial charge in [-0.3, -0.25) is 9.13 Å². The van der Waals surface area contributed by atoms with E-state index < -0.39 is 5.40 Å². The van der Waals surface area contributed by atoms with Crippen LogP contribution in [0.15, 0.2) is 22.9 Å². The van der Waals surface area contributed by atoms with Crippen LogP contribution in [0, 0.1) is 0 Å². The number of halogens is 1. The summed E-state index contributed by atoms with van der Waals surface area (Å²) in [5.41, 5.74) is 0.851. The van der Waals surface area contributed by atoms with Gasteiger partial charge in [-0.25, -0.2) is 4.98 Å². The molecule has 0 radical (unpaired) electrons. The molecule has 0 bridgehead atoms. The summed E-state index contributed by atoms with van der Waals surface area (Å²) >= 11 is 3.23. The molecular weight excluding hydrogens is 286 g/mol. The number of nitrogens with zero attached hydrogens (tertiary/aromatic N) is 1. The van der Waals surface area contributed by atoms with E-state index in [1.54, 1.807) is 18.3 Å². The van der Waals surface area contributed by atoms with Gasteiger partial charge in [0.1, 0.15) is 10.0 Å². The van der Waals surface area contributed by atoms with Gasteiger partial charge in [0.2, 0.25) is 0 Å². The van der Waals surface area contributed by atoms with Crippen LogP contribution in [0.25, 0.3) is 0 Å². The first-order valence-electron chi connectivity index (χ1n) is 3.76. The van der Waals surface area contributed by atoms with Crippen LogP contribution in [0.3, 0.4) is 0 Å². The molecule has 0 saturated carbocycles. The van der Waals surface area contributed by atoms with E-state index >= 15 is 0 Å². The van der Waals surface area contributed by atoms with E-state index in [0.717, 1.165) is 10.3 Å². The van der Waals surface area contributed by atoms with Crippen molar-refractivity contribution < 1.29 is 9.13 Å². The summed E-state index contributed by atoms with van der Waals surface area (Å²) in [4.78, 5) is 3.96. The molecule has 0 aliphatic rings. The van der Waals surface area contributed by atoms with E-state index in [1.165, 1.54) is 0 Å². The largest absolute Gasteiger partial charge is 0.383 e. The lowest BCUT2D eigenvalue weighted by Crippen LogP contribution is -2.08. The lowest BCUT2D eigenvalue weighted by Gasteiger charge is -2.05. The molecule has 0 unspecified atom stereocenters. The van der Waals surface area contributed by atoms with Gasteiger partial charge in [-0.1, -0.05) is 0 Å². The smallest absolute Gasteiger partial charge is 0.173 e. The molecule has 0 aromatic carbocycles. The van der Waals surface area contributed by atoms with Gasteiger partial charge in [-0.2, -0.15) is 0 Å². The molecule has 0 spiro atoms. The van der Waals surface area contributed by atoms with Crippen molar-refractivity contribution in [3.8, 4) is 0 Å². The fraction of sp³-hybridized carbons (Fsp3) is 0.286. The normalized spacial score (nSPS) is 12.9. The Hall–Kier alpha value is -0.370. The van der Waals surface area contributed by atoms with Crippen LogP contribution in [-0.2, 0) is 9.13 Å². The summed E-state index contributed by atoms with van der Waals surface area (Å²) in [6, 6.07) is 3.58. The third-order valence-electron chi connectivity index (χ3n) is 1.46. The van der Waals surface area contributed by atoms with Crippen molar-refractivity contribution in [2.24, 2.45) is 0 Å². The van der Waals surface area contributed by atoms with Crippen molar-refractivity contribution in [3.05, 3.63) is 22.9 Å². The number of nitrogens with one attached hydrogen (secondary N) is 1. The second-order valence-corrected chi connectivity index (χ2v) is 5.33. The van der Waals surface area contributed by atoms with Gasteiger partial charge in [-0.05, 0) is 28.1 Å². The van der Waals surface area contributed by atoms with Crippen molar-refractivity contribution in [2.75, 3.05) is 11.9 Å². The first kappa shape index (κ1) is 11.7. The topological polar surface area (TPSA) is 59.1 Å². The molecule has 4 nitrogen and oxygen atoms in total. The van der Waals surface area contributed by atoms with E-state index in [1.807, 2.05) is 0 Å². The fourth-order valence-corrected chi connectivity index (χ4v) is 1.67. The lowest BCUT2D eigenvalue weighted by molar-refractivity contribution is 0.588. The summed E-state index contributed by atoms with van der Waals surface area (Å²) in [6.07, 6.45) is 1.64. The molecule has 0 aliphatic heterocycles. The molecule has 1 rings (SSSR count). The van der Waals surface area contributed by atoms with E-state index in [0.29, 0.717) is 6.54 Å². The van der Waals surface area contributed by atoms with Crippen LogP contribution in [0.2, 0.25) is 0 Å². The average molecular weight is 293 g/mol. The second kappa shape index (κ2) is 6.18. The van der Waals surface area contributed by atoms with E-state index in [-0.39, 0.29) is 16.9 Å². The molecule has 0 saturated heterocycles. The maximum absolute atomic E-state index is 10.5. The number of hydrogen-bond acceptors (Lipinski definition) is 4. The van der Waals surface area contributed by atoms with Gasteiger partial charge in [0.25, 0.3) is 0 Å². The van der Waals surface area contributed by atoms with E-state index in [4.69, 9.17) is 0 Å². The van der Waals surface area contributed by atoms with Gasteiger partial charge in [-0.15, -0.1) is 0 Å². The first-order chi connectivity index (χ1) is 6.76. The van der Waals surface area contributed by atoms with Crippen LogP contribution in [-0.4, -0.2) is 16.9 Å². The molecule has 1 aromatic rings. The van der Waals surface area contributed by atoms with Gasteiger partial charge in [0.15, 0.2) is 16.9 Å². The molecule has 0 amide bonds. The number of rotatable bonds is 5. The Kier molecular flexibility index (Phi) is 5.16. The zero-order valence-corrected chi connectivity index (χ0v) is 10.4. The van der Waals surface area contributed by atoms with Crippen LogP contribution in [0.5, 0.6) is 0 Å². The number of pyridine rings is 1. The Morgan fingerprint density at radius 1 is 1.50 bits per heavy atom. The second-order valence-electron chi connectivity index (χ2n) is 2.44. The summed E-state index contributed by atoms with van der Waals surface area (Å²) in [5, 5.41) is 2.60. The minimum Gasteiger partial charge on any atom is -0.383 e. The van der Waals surface area contributed by atoms with Crippen LogP contribution >= 0.6 is 32.9 Å². The highest BCUT2D eigenvalue weighted by atomic mass is 79.9. The number of anilines is 1. The van der Waals surface area contributed by atoms with Crippen LogP contribution < -0.4 is 5.32 Å². The quantitative estimate of drug-likeness (QED) is 0.669. The predicted molar refractivity (Wildman–Crippen MR) is 59.4 cm³/mol. The number of hydrogen-bond donors (Lipinski definition) is 1. The Bertz CT molecular complexity index is 329. The molecular formula is C7H7BrN2O2P2. The van der Waals surface area contributed by atoms with Crippen molar-refractivity contribution in [1.82, 2.24) is 4.98 Å². The van der Waals surface area contributed by atoms with E-state index in [2.05, 4.69) is 26.2 Å². The lowest BCUT2D eigenvalue weighted by atomic mass is 10.4. The minimum absolute atomic E-state index is 0.119. The summed E-state index contributed by atoms with van der Waals surface area (Å²) in [5.74, 6) is 0. The maximum atomic E-state index is 10.5. The maximum Gasteiger partial charge on any atom is 0.173 e. The van der Waals surface area contributed by atoms with Gasteiger partial charge in [0.05, 0.1) is 0 Å². The van der Waals surface area contributed by atoms with Crippen LogP contribution in [0.1, 0.15) is 0 Å². The highest BCUT2D eigenvalue weighted by Crippen LogP contribution is 2.20. The Balaban J connectivity index is 2.52. The molecule has 0 atom stereocenters. The Morgan fingerprint density at radius 3 is 2.79 bits per heavy atom. The molecule has 0 fully saturated rings. The highest BCUT2D eigenvalue weighted by molar-refractivity contribution is 9.10. The summed E-state index contributed by atoms with van der Waals surface area (Å²) < 4.78 is 21.6. The van der Waals surface area contributed by atoms with Crippen molar-refractivity contribution in [2.45, 2.75) is 5.40 Å². The Labute approximate surface area is 93.0 Å². The number of aromatic nitrogens is 1. The van der Waals surface area contributed by atoms with Crippen LogP contribution in [0.4, 0.5) is 5.69 Å².